The fraction of sp³-hybridized carbons (Fsp3) is 0.800. The van der Waals surface area contributed by atoms with Crippen molar-refractivity contribution in [1.29, 1.82) is 0 Å². The molecule has 2 aliphatic rings. The van der Waals surface area contributed by atoms with Crippen molar-refractivity contribution in [3.63, 3.8) is 0 Å². The largest absolute Gasteiger partial charge is 0.370 e. The number of hydrogen-bond acceptors (Lipinski definition) is 3. The molecule has 3 nitrogen and oxygen atoms in total. The van der Waals surface area contributed by atoms with Gasteiger partial charge in [0.2, 0.25) is 0 Å². The molecule has 102 valence electrons. The summed E-state index contributed by atoms with van der Waals surface area (Å²) in [5, 5.41) is 0. The Bertz CT molecular complexity index is 324. The summed E-state index contributed by atoms with van der Waals surface area (Å²) in [4.78, 5) is 6.80. The summed E-state index contributed by atoms with van der Waals surface area (Å²) < 4.78 is 0. The molecule has 1 aliphatic heterocycles. The molecule has 18 heavy (non-hydrogen) atoms. The molecule has 1 heterocycles. The van der Waals surface area contributed by atoms with E-state index in [4.69, 9.17) is 5.73 Å². The Kier molecular flexibility index (Phi) is 4.31. The van der Waals surface area contributed by atoms with Crippen LogP contribution < -0.4 is 5.73 Å². The molecule has 0 saturated heterocycles. The summed E-state index contributed by atoms with van der Waals surface area (Å²) in [6, 6.07) is 0. The molecule has 1 spiro atoms. The predicted molar refractivity (Wildman–Crippen MR) is 77.6 cm³/mol. The first-order valence-electron chi connectivity index (χ1n) is 7.40. The fourth-order valence-corrected chi connectivity index (χ4v) is 3.65. The molecule has 2 N–H and O–H groups in total. The van der Waals surface area contributed by atoms with Gasteiger partial charge >= 0.3 is 0 Å². The lowest BCUT2D eigenvalue weighted by atomic mass is 9.88. The summed E-state index contributed by atoms with van der Waals surface area (Å²) in [6.45, 7) is 7.88. The molecule has 0 aromatic carbocycles. The summed E-state index contributed by atoms with van der Waals surface area (Å²) in [5.74, 6) is 1.64. The second-order valence-corrected chi connectivity index (χ2v) is 5.88. The zero-order valence-electron chi connectivity index (χ0n) is 11.7. The summed E-state index contributed by atoms with van der Waals surface area (Å²) >= 11 is 0. The van der Waals surface area contributed by atoms with Crippen LogP contribution in [-0.2, 0) is 0 Å². The highest BCUT2D eigenvalue weighted by atomic mass is 15.4. The molecule has 0 aromatic heterocycles. The Morgan fingerprint density at radius 3 is 3.06 bits per heavy atom. The van der Waals surface area contributed by atoms with Crippen LogP contribution in [-0.4, -0.2) is 29.5 Å². The van der Waals surface area contributed by atoms with Crippen LogP contribution in [0, 0.1) is 5.92 Å². The molecule has 3 heteroatoms. The van der Waals surface area contributed by atoms with Crippen LogP contribution in [0.1, 0.15) is 51.9 Å². The zero-order valence-corrected chi connectivity index (χ0v) is 11.7. The van der Waals surface area contributed by atoms with Gasteiger partial charge in [-0.3, -0.25) is 4.99 Å². The van der Waals surface area contributed by atoms with E-state index in [1.54, 1.807) is 0 Å². The standard InChI is InChI=1S/C15H27N3/c1-3-6-13-7-5-9-15(10-8-13)12-17-14(16)18(15)11-4-2/h4,13H,2-3,5-12H2,1H3,(H2,16,17). The Balaban J connectivity index is 2.05. The molecule has 1 saturated carbocycles. The number of hydrogen-bond donors (Lipinski definition) is 1. The summed E-state index contributed by atoms with van der Waals surface area (Å²) in [7, 11) is 0. The van der Waals surface area contributed by atoms with E-state index in [-0.39, 0.29) is 5.54 Å². The highest BCUT2D eigenvalue weighted by molar-refractivity contribution is 5.81. The van der Waals surface area contributed by atoms with E-state index in [1.165, 1.54) is 44.9 Å². The van der Waals surface area contributed by atoms with Gasteiger partial charge in [-0.2, -0.15) is 0 Å². The molecule has 0 amide bonds. The third-order valence-electron chi connectivity index (χ3n) is 4.67. The first-order valence-corrected chi connectivity index (χ1v) is 7.40. The minimum Gasteiger partial charge on any atom is -0.370 e. The molecule has 0 radical (unpaired) electrons. The van der Waals surface area contributed by atoms with Crippen LogP contribution in [0.3, 0.4) is 0 Å². The SMILES string of the molecule is C=CCN1C(N)=NCC12CCCC(CCC)CC2. The number of nitrogens with two attached hydrogens (primary N) is 1. The fourth-order valence-electron chi connectivity index (χ4n) is 3.65. The van der Waals surface area contributed by atoms with Crippen LogP contribution in [0.4, 0.5) is 0 Å². The smallest absolute Gasteiger partial charge is 0.192 e. The topological polar surface area (TPSA) is 41.6 Å². The molecule has 0 aromatic rings. The van der Waals surface area contributed by atoms with Gasteiger partial charge in [-0.25, -0.2) is 0 Å². The molecule has 2 rings (SSSR count). The van der Waals surface area contributed by atoms with Crippen LogP contribution in [0.5, 0.6) is 0 Å². The highest BCUT2D eigenvalue weighted by Gasteiger charge is 2.42. The monoisotopic (exact) mass is 249 g/mol. The lowest BCUT2D eigenvalue weighted by Crippen LogP contribution is -2.51. The number of nitrogens with zero attached hydrogens (tertiary/aromatic N) is 2. The van der Waals surface area contributed by atoms with Crippen LogP contribution in [0.25, 0.3) is 0 Å². The Labute approximate surface area is 111 Å². The predicted octanol–water partition coefficient (Wildman–Crippen LogP) is 2.92. The molecular formula is C15H27N3. The lowest BCUT2D eigenvalue weighted by Gasteiger charge is -2.38. The van der Waals surface area contributed by atoms with Gasteiger partial charge in [-0.15, -0.1) is 6.58 Å². The number of guanidine groups is 1. The van der Waals surface area contributed by atoms with Crippen molar-refractivity contribution in [1.82, 2.24) is 4.90 Å². The highest BCUT2D eigenvalue weighted by Crippen LogP contribution is 2.38. The molecular weight excluding hydrogens is 222 g/mol. The zero-order chi connectivity index (χ0) is 13.0. The van der Waals surface area contributed by atoms with Gasteiger partial charge < -0.3 is 10.6 Å². The van der Waals surface area contributed by atoms with Crippen molar-refractivity contribution in [3.8, 4) is 0 Å². The van der Waals surface area contributed by atoms with Crippen molar-refractivity contribution in [3.05, 3.63) is 12.7 Å². The first-order chi connectivity index (χ1) is 8.72. The first kappa shape index (κ1) is 13.4. The second-order valence-electron chi connectivity index (χ2n) is 5.88. The Morgan fingerprint density at radius 2 is 2.33 bits per heavy atom. The van der Waals surface area contributed by atoms with Gasteiger partial charge in [0.05, 0.1) is 12.1 Å². The van der Waals surface area contributed by atoms with Gasteiger partial charge in [0.15, 0.2) is 5.96 Å². The van der Waals surface area contributed by atoms with Crippen molar-refractivity contribution >= 4 is 5.96 Å². The third kappa shape index (κ3) is 2.55. The van der Waals surface area contributed by atoms with Gasteiger partial charge in [0.1, 0.15) is 0 Å². The summed E-state index contributed by atoms with van der Waals surface area (Å²) in [5.41, 5.74) is 6.25. The van der Waals surface area contributed by atoms with Gasteiger partial charge in [-0.05, 0) is 25.2 Å². The van der Waals surface area contributed by atoms with E-state index < -0.39 is 0 Å². The maximum Gasteiger partial charge on any atom is 0.192 e. The Hall–Kier alpha value is -0.990. The lowest BCUT2D eigenvalue weighted by molar-refractivity contribution is 0.187. The quantitative estimate of drug-likeness (QED) is 0.778. The normalized spacial score (nSPS) is 32.4. The van der Waals surface area contributed by atoms with Crippen molar-refractivity contribution in [2.24, 2.45) is 16.6 Å². The van der Waals surface area contributed by atoms with Gasteiger partial charge in [0.25, 0.3) is 0 Å². The molecule has 1 aliphatic carbocycles. The van der Waals surface area contributed by atoms with E-state index >= 15 is 0 Å². The van der Waals surface area contributed by atoms with Crippen LogP contribution in [0.2, 0.25) is 0 Å². The van der Waals surface area contributed by atoms with E-state index in [0.717, 1.165) is 25.0 Å². The van der Waals surface area contributed by atoms with Gasteiger partial charge in [-0.1, -0.05) is 38.7 Å². The van der Waals surface area contributed by atoms with Crippen LogP contribution >= 0.6 is 0 Å². The Morgan fingerprint density at radius 1 is 1.50 bits per heavy atom. The maximum atomic E-state index is 6.04. The minimum absolute atomic E-state index is 0.209. The third-order valence-corrected chi connectivity index (χ3v) is 4.67. The molecule has 0 bridgehead atoms. The molecule has 1 fully saturated rings. The van der Waals surface area contributed by atoms with Crippen LogP contribution in [0.15, 0.2) is 17.6 Å². The maximum absolute atomic E-state index is 6.04. The molecule has 2 atom stereocenters. The van der Waals surface area contributed by atoms with Gasteiger partial charge in [0, 0.05) is 6.54 Å². The summed E-state index contributed by atoms with van der Waals surface area (Å²) in [6.07, 6.45) is 11.2. The number of rotatable bonds is 4. The van der Waals surface area contributed by atoms with Crippen molar-refractivity contribution < 1.29 is 0 Å². The van der Waals surface area contributed by atoms with Crippen molar-refractivity contribution in [2.75, 3.05) is 13.1 Å². The minimum atomic E-state index is 0.209. The second kappa shape index (κ2) is 5.77. The van der Waals surface area contributed by atoms with E-state index in [0.29, 0.717) is 0 Å². The average molecular weight is 249 g/mol. The average Bonchev–Trinajstić information content (AvgIpc) is 2.55. The number of aliphatic imine (C=N–C) groups is 1. The van der Waals surface area contributed by atoms with E-state index in [1.807, 2.05) is 6.08 Å². The van der Waals surface area contributed by atoms with Crippen molar-refractivity contribution in [2.45, 2.75) is 57.4 Å². The molecule has 2 unspecified atom stereocenters. The van der Waals surface area contributed by atoms with E-state index in [2.05, 4.69) is 23.4 Å². The van der Waals surface area contributed by atoms with E-state index in [9.17, 15) is 0 Å².